The minimum atomic E-state index is -0.168. The van der Waals surface area contributed by atoms with Gasteiger partial charge < -0.3 is 5.32 Å². The number of hydrogen-bond donors (Lipinski definition) is 1. The SMILES string of the molecule is CC1(C2CC2)CNC(C2CCCCC2)CN1CCCF. The van der Waals surface area contributed by atoms with Gasteiger partial charge in [-0.2, -0.15) is 0 Å². The Labute approximate surface area is 123 Å². The summed E-state index contributed by atoms with van der Waals surface area (Å²) in [5.41, 5.74) is 0.292. The van der Waals surface area contributed by atoms with Gasteiger partial charge in [0.05, 0.1) is 6.67 Å². The summed E-state index contributed by atoms with van der Waals surface area (Å²) in [7, 11) is 0. The van der Waals surface area contributed by atoms with Crippen LogP contribution < -0.4 is 5.32 Å². The molecule has 2 nitrogen and oxygen atoms in total. The smallest absolute Gasteiger partial charge is 0.0906 e. The number of nitrogens with zero attached hydrogens (tertiary/aromatic N) is 1. The normalized spacial score (nSPS) is 37.2. The Balaban J connectivity index is 1.63. The van der Waals surface area contributed by atoms with E-state index in [4.69, 9.17) is 0 Å². The Hall–Kier alpha value is -0.150. The van der Waals surface area contributed by atoms with Crippen LogP contribution in [0.25, 0.3) is 0 Å². The molecule has 0 aromatic heterocycles. The predicted molar refractivity (Wildman–Crippen MR) is 81.7 cm³/mol. The van der Waals surface area contributed by atoms with Crippen molar-refractivity contribution in [1.82, 2.24) is 10.2 Å². The predicted octanol–water partition coefficient (Wildman–Crippen LogP) is 3.37. The van der Waals surface area contributed by atoms with Gasteiger partial charge in [-0.1, -0.05) is 19.3 Å². The van der Waals surface area contributed by atoms with Gasteiger partial charge in [0.25, 0.3) is 0 Å². The first-order valence-electron chi connectivity index (χ1n) is 8.78. The fraction of sp³-hybridized carbons (Fsp3) is 1.00. The maximum atomic E-state index is 12.6. The molecule has 0 bridgehead atoms. The maximum absolute atomic E-state index is 12.6. The molecule has 3 fully saturated rings. The van der Waals surface area contributed by atoms with Crippen LogP contribution in [0, 0.1) is 11.8 Å². The zero-order chi connectivity index (χ0) is 14.0. The molecular weight excluding hydrogens is 251 g/mol. The molecule has 20 heavy (non-hydrogen) atoms. The molecule has 0 amide bonds. The number of rotatable bonds is 5. The first-order chi connectivity index (χ1) is 9.74. The summed E-state index contributed by atoms with van der Waals surface area (Å²) >= 11 is 0. The third-order valence-corrected chi connectivity index (χ3v) is 6.10. The molecule has 0 spiro atoms. The van der Waals surface area contributed by atoms with E-state index in [0.717, 1.165) is 31.5 Å². The number of alkyl halides is 1. The standard InChI is InChI=1S/C17H31FN2/c1-17(15-8-9-15)13-19-16(12-20(17)11-5-10-18)14-6-3-2-4-7-14/h14-16,19H,2-13H2,1H3. The maximum Gasteiger partial charge on any atom is 0.0906 e. The molecule has 2 unspecified atom stereocenters. The highest BCUT2D eigenvalue weighted by atomic mass is 19.1. The summed E-state index contributed by atoms with van der Waals surface area (Å²) in [5.74, 6) is 1.71. The Morgan fingerprint density at radius 2 is 1.90 bits per heavy atom. The second-order valence-corrected chi connectivity index (χ2v) is 7.51. The highest BCUT2D eigenvalue weighted by molar-refractivity contribution is 5.05. The Morgan fingerprint density at radius 1 is 1.15 bits per heavy atom. The summed E-state index contributed by atoms with van der Waals surface area (Å²) in [6.07, 6.45) is 10.5. The van der Waals surface area contributed by atoms with Gasteiger partial charge >= 0.3 is 0 Å². The fourth-order valence-corrected chi connectivity index (χ4v) is 4.52. The van der Waals surface area contributed by atoms with Crippen molar-refractivity contribution in [2.45, 2.75) is 69.9 Å². The molecule has 2 saturated carbocycles. The van der Waals surface area contributed by atoms with Gasteiger partial charge in [0.15, 0.2) is 0 Å². The topological polar surface area (TPSA) is 15.3 Å². The Kier molecular flexibility index (Phi) is 4.66. The van der Waals surface area contributed by atoms with Gasteiger partial charge in [-0.05, 0) is 50.9 Å². The highest BCUT2D eigenvalue weighted by Crippen LogP contribution is 2.44. The van der Waals surface area contributed by atoms with Gasteiger partial charge in [0.1, 0.15) is 0 Å². The lowest BCUT2D eigenvalue weighted by molar-refractivity contribution is 0.0156. The van der Waals surface area contributed by atoms with Crippen LogP contribution in [0.5, 0.6) is 0 Å². The largest absolute Gasteiger partial charge is 0.311 e. The minimum Gasteiger partial charge on any atom is -0.311 e. The van der Waals surface area contributed by atoms with Crippen molar-refractivity contribution in [2.24, 2.45) is 11.8 Å². The quantitative estimate of drug-likeness (QED) is 0.831. The van der Waals surface area contributed by atoms with E-state index in [1.54, 1.807) is 0 Å². The van der Waals surface area contributed by atoms with E-state index < -0.39 is 0 Å². The summed E-state index contributed by atoms with van der Waals surface area (Å²) < 4.78 is 12.6. The Bertz CT molecular complexity index is 312. The van der Waals surface area contributed by atoms with Crippen LogP contribution in [0.1, 0.15) is 58.3 Å². The van der Waals surface area contributed by atoms with E-state index in [1.165, 1.54) is 44.9 Å². The molecule has 116 valence electrons. The zero-order valence-electron chi connectivity index (χ0n) is 13.0. The van der Waals surface area contributed by atoms with Crippen LogP contribution in [-0.2, 0) is 0 Å². The number of halogens is 1. The summed E-state index contributed by atoms with van der Waals surface area (Å²) in [4.78, 5) is 2.64. The third kappa shape index (κ3) is 3.04. The first kappa shape index (κ1) is 14.8. The van der Waals surface area contributed by atoms with E-state index in [0.29, 0.717) is 18.0 Å². The fourth-order valence-electron chi connectivity index (χ4n) is 4.52. The van der Waals surface area contributed by atoms with E-state index >= 15 is 0 Å². The van der Waals surface area contributed by atoms with E-state index in [2.05, 4.69) is 17.1 Å². The number of piperazine rings is 1. The molecule has 2 aliphatic carbocycles. The second-order valence-electron chi connectivity index (χ2n) is 7.51. The molecule has 3 aliphatic rings. The lowest BCUT2D eigenvalue weighted by Gasteiger charge is -2.50. The zero-order valence-corrected chi connectivity index (χ0v) is 13.0. The first-order valence-corrected chi connectivity index (χ1v) is 8.78. The van der Waals surface area contributed by atoms with E-state index in [9.17, 15) is 4.39 Å². The van der Waals surface area contributed by atoms with Crippen LogP contribution in [0.2, 0.25) is 0 Å². The van der Waals surface area contributed by atoms with Crippen LogP contribution in [-0.4, -0.2) is 42.8 Å². The van der Waals surface area contributed by atoms with Crippen molar-refractivity contribution >= 4 is 0 Å². The van der Waals surface area contributed by atoms with Gasteiger partial charge in [0.2, 0.25) is 0 Å². The van der Waals surface area contributed by atoms with E-state index in [-0.39, 0.29) is 6.67 Å². The van der Waals surface area contributed by atoms with Crippen molar-refractivity contribution in [3.8, 4) is 0 Å². The highest BCUT2D eigenvalue weighted by Gasteiger charge is 2.48. The monoisotopic (exact) mass is 282 g/mol. The molecule has 1 N–H and O–H groups in total. The number of hydrogen-bond acceptors (Lipinski definition) is 2. The van der Waals surface area contributed by atoms with Crippen molar-refractivity contribution in [3.05, 3.63) is 0 Å². The summed E-state index contributed by atoms with van der Waals surface area (Å²) in [5, 5.41) is 3.87. The van der Waals surface area contributed by atoms with Gasteiger partial charge in [0, 0.05) is 31.2 Å². The van der Waals surface area contributed by atoms with Crippen molar-refractivity contribution in [3.63, 3.8) is 0 Å². The molecule has 1 aliphatic heterocycles. The van der Waals surface area contributed by atoms with Gasteiger partial charge in [-0.25, -0.2) is 0 Å². The van der Waals surface area contributed by atoms with Crippen LogP contribution in [0.4, 0.5) is 4.39 Å². The molecule has 3 heteroatoms. The molecule has 0 aromatic rings. The molecule has 0 aromatic carbocycles. The Morgan fingerprint density at radius 3 is 2.55 bits per heavy atom. The lowest BCUT2D eigenvalue weighted by atomic mass is 9.80. The average molecular weight is 282 g/mol. The van der Waals surface area contributed by atoms with Gasteiger partial charge in [-0.3, -0.25) is 9.29 Å². The average Bonchev–Trinajstić information content (AvgIpc) is 3.32. The van der Waals surface area contributed by atoms with Crippen LogP contribution >= 0.6 is 0 Å². The molecule has 1 heterocycles. The lowest BCUT2D eigenvalue weighted by Crippen LogP contribution is -2.66. The molecule has 3 rings (SSSR count). The van der Waals surface area contributed by atoms with Crippen molar-refractivity contribution in [1.29, 1.82) is 0 Å². The second kappa shape index (κ2) is 6.31. The van der Waals surface area contributed by atoms with Crippen LogP contribution in [0.15, 0.2) is 0 Å². The van der Waals surface area contributed by atoms with Gasteiger partial charge in [-0.15, -0.1) is 0 Å². The third-order valence-electron chi connectivity index (χ3n) is 6.10. The van der Waals surface area contributed by atoms with Crippen LogP contribution in [0.3, 0.4) is 0 Å². The summed E-state index contributed by atoms with van der Waals surface area (Å²) in [6.45, 7) is 5.46. The molecular formula is C17H31FN2. The molecule has 0 radical (unpaired) electrons. The minimum absolute atomic E-state index is 0.168. The van der Waals surface area contributed by atoms with E-state index in [1.807, 2.05) is 0 Å². The molecule has 2 atom stereocenters. The number of nitrogens with one attached hydrogen (secondary N) is 1. The molecule has 1 saturated heterocycles. The summed E-state index contributed by atoms with van der Waals surface area (Å²) in [6, 6.07) is 0.654. The van der Waals surface area contributed by atoms with Crippen molar-refractivity contribution in [2.75, 3.05) is 26.3 Å². The van der Waals surface area contributed by atoms with Crippen molar-refractivity contribution < 1.29 is 4.39 Å².